The summed E-state index contributed by atoms with van der Waals surface area (Å²) in [6.07, 6.45) is 0.905. The second kappa shape index (κ2) is 3.64. The Hall–Kier alpha value is -0.600. The first-order chi connectivity index (χ1) is 6.31. The van der Waals surface area contributed by atoms with E-state index >= 15 is 0 Å². The molecule has 0 bridgehead atoms. The highest BCUT2D eigenvalue weighted by Crippen LogP contribution is 2.24. The maximum Gasteiger partial charge on any atom is 0.0907 e. The minimum atomic E-state index is 0.662. The molecule has 0 amide bonds. The van der Waals surface area contributed by atoms with E-state index in [1.165, 1.54) is 10.3 Å². The van der Waals surface area contributed by atoms with Gasteiger partial charge in [0.1, 0.15) is 0 Å². The summed E-state index contributed by atoms with van der Waals surface area (Å²) >= 11 is 7.46. The SMILES string of the molecule is Cc1nc2c(CCCl)cccc2s1. The fourth-order valence-corrected chi connectivity index (χ4v) is 2.50. The second-order valence-electron chi connectivity index (χ2n) is 2.94. The minimum absolute atomic E-state index is 0.662. The van der Waals surface area contributed by atoms with Crippen LogP contribution in [0, 0.1) is 6.92 Å². The van der Waals surface area contributed by atoms with Gasteiger partial charge in [0, 0.05) is 5.88 Å². The van der Waals surface area contributed by atoms with Gasteiger partial charge in [-0.15, -0.1) is 22.9 Å². The zero-order chi connectivity index (χ0) is 9.26. The van der Waals surface area contributed by atoms with Crippen LogP contribution in [0.5, 0.6) is 0 Å². The summed E-state index contributed by atoms with van der Waals surface area (Å²) in [4.78, 5) is 4.49. The predicted octanol–water partition coefficient (Wildman–Crippen LogP) is 3.39. The van der Waals surface area contributed by atoms with Crippen molar-refractivity contribution in [3.8, 4) is 0 Å². The molecule has 0 fully saturated rings. The van der Waals surface area contributed by atoms with Gasteiger partial charge in [-0.1, -0.05) is 12.1 Å². The molecule has 0 saturated heterocycles. The zero-order valence-electron chi connectivity index (χ0n) is 7.38. The van der Waals surface area contributed by atoms with E-state index in [1.807, 2.05) is 6.92 Å². The van der Waals surface area contributed by atoms with E-state index in [9.17, 15) is 0 Å². The van der Waals surface area contributed by atoms with Crippen molar-refractivity contribution in [1.29, 1.82) is 0 Å². The lowest BCUT2D eigenvalue weighted by molar-refractivity contribution is 1.15. The molecule has 2 aromatic rings. The summed E-state index contributed by atoms with van der Waals surface area (Å²) in [7, 11) is 0. The van der Waals surface area contributed by atoms with Crippen LogP contribution in [0.2, 0.25) is 0 Å². The number of aromatic nitrogens is 1. The molecule has 0 atom stereocenters. The number of aryl methyl sites for hydroxylation is 2. The van der Waals surface area contributed by atoms with Crippen molar-refractivity contribution in [1.82, 2.24) is 4.98 Å². The van der Waals surface area contributed by atoms with Gasteiger partial charge in [-0.3, -0.25) is 0 Å². The highest BCUT2D eigenvalue weighted by Gasteiger charge is 2.04. The summed E-state index contributed by atoms with van der Waals surface area (Å²) in [5, 5.41) is 1.12. The molecule has 13 heavy (non-hydrogen) atoms. The molecule has 0 radical (unpaired) electrons. The fourth-order valence-electron chi connectivity index (χ4n) is 1.42. The van der Waals surface area contributed by atoms with Crippen molar-refractivity contribution in [3.05, 3.63) is 28.8 Å². The Kier molecular flexibility index (Phi) is 2.51. The molecule has 0 aliphatic heterocycles. The van der Waals surface area contributed by atoms with Crippen LogP contribution in [-0.2, 0) is 6.42 Å². The molecule has 68 valence electrons. The molecule has 0 aliphatic carbocycles. The molecular formula is C10H10ClNS. The third kappa shape index (κ3) is 1.69. The summed E-state index contributed by atoms with van der Waals surface area (Å²) in [6.45, 7) is 2.04. The number of para-hydroxylation sites is 1. The smallest absolute Gasteiger partial charge is 0.0907 e. The Labute approximate surface area is 86.4 Å². The third-order valence-corrected chi connectivity index (χ3v) is 3.10. The van der Waals surface area contributed by atoms with Crippen molar-refractivity contribution in [2.45, 2.75) is 13.3 Å². The predicted molar refractivity (Wildman–Crippen MR) is 58.8 cm³/mol. The van der Waals surface area contributed by atoms with Gasteiger partial charge in [0.05, 0.1) is 15.2 Å². The molecule has 0 aliphatic rings. The van der Waals surface area contributed by atoms with Crippen LogP contribution in [0.1, 0.15) is 10.6 Å². The van der Waals surface area contributed by atoms with Crippen LogP contribution in [0.4, 0.5) is 0 Å². The molecule has 3 heteroatoms. The number of nitrogens with zero attached hydrogens (tertiary/aromatic N) is 1. The average molecular weight is 212 g/mol. The van der Waals surface area contributed by atoms with Crippen molar-refractivity contribution in [3.63, 3.8) is 0 Å². The third-order valence-electron chi connectivity index (χ3n) is 1.97. The number of alkyl halides is 1. The van der Waals surface area contributed by atoms with Gasteiger partial charge in [0.2, 0.25) is 0 Å². The standard InChI is InChI=1S/C10H10ClNS/c1-7-12-10-8(5-6-11)3-2-4-9(10)13-7/h2-4H,5-6H2,1H3. The molecule has 2 rings (SSSR count). The first-order valence-corrected chi connectivity index (χ1v) is 5.57. The first-order valence-electron chi connectivity index (χ1n) is 4.22. The molecule has 1 aromatic heterocycles. The average Bonchev–Trinajstić information content (AvgIpc) is 2.47. The number of halogens is 1. The lowest BCUT2D eigenvalue weighted by Crippen LogP contribution is -1.87. The van der Waals surface area contributed by atoms with Crippen LogP contribution >= 0.6 is 22.9 Å². The number of hydrogen-bond donors (Lipinski definition) is 0. The van der Waals surface area contributed by atoms with E-state index < -0.39 is 0 Å². The fraction of sp³-hybridized carbons (Fsp3) is 0.300. The van der Waals surface area contributed by atoms with Crippen molar-refractivity contribution >= 4 is 33.2 Å². The number of fused-ring (bicyclic) bond motifs is 1. The van der Waals surface area contributed by atoms with E-state index in [1.54, 1.807) is 11.3 Å². The monoisotopic (exact) mass is 211 g/mol. The number of hydrogen-bond acceptors (Lipinski definition) is 2. The van der Waals surface area contributed by atoms with Gasteiger partial charge in [0.25, 0.3) is 0 Å². The molecule has 0 spiro atoms. The summed E-state index contributed by atoms with van der Waals surface area (Å²) < 4.78 is 1.26. The number of benzene rings is 1. The van der Waals surface area contributed by atoms with Crippen molar-refractivity contribution in [2.75, 3.05) is 5.88 Å². The van der Waals surface area contributed by atoms with Crippen LogP contribution in [0.3, 0.4) is 0 Å². The highest BCUT2D eigenvalue weighted by atomic mass is 35.5. The van der Waals surface area contributed by atoms with E-state index in [4.69, 9.17) is 11.6 Å². The van der Waals surface area contributed by atoms with E-state index in [0.717, 1.165) is 16.9 Å². The normalized spacial score (nSPS) is 10.9. The molecule has 1 aromatic carbocycles. The van der Waals surface area contributed by atoms with Gasteiger partial charge >= 0.3 is 0 Å². The Balaban J connectivity index is 2.60. The summed E-state index contributed by atoms with van der Waals surface area (Å²) in [5.41, 5.74) is 2.39. The van der Waals surface area contributed by atoms with Gasteiger partial charge in [-0.05, 0) is 25.0 Å². The van der Waals surface area contributed by atoms with Gasteiger partial charge in [-0.2, -0.15) is 0 Å². The van der Waals surface area contributed by atoms with Gasteiger partial charge < -0.3 is 0 Å². The van der Waals surface area contributed by atoms with Crippen molar-refractivity contribution in [2.24, 2.45) is 0 Å². The second-order valence-corrected chi connectivity index (χ2v) is 4.55. The Bertz CT molecular complexity index is 422. The molecule has 0 unspecified atom stereocenters. The van der Waals surface area contributed by atoms with E-state index in [0.29, 0.717) is 5.88 Å². The molecule has 0 N–H and O–H groups in total. The molecule has 1 nitrogen and oxygen atoms in total. The maximum atomic E-state index is 5.72. The maximum absolute atomic E-state index is 5.72. The Morgan fingerprint density at radius 3 is 3.08 bits per heavy atom. The van der Waals surface area contributed by atoms with E-state index in [-0.39, 0.29) is 0 Å². The Morgan fingerprint density at radius 2 is 2.31 bits per heavy atom. The number of rotatable bonds is 2. The van der Waals surface area contributed by atoms with Crippen LogP contribution in [0.25, 0.3) is 10.2 Å². The lowest BCUT2D eigenvalue weighted by Gasteiger charge is -1.97. The topological polar surface area (TPSA) is 12.9 Å². The van der Waals surface area contributed by atoms with Crippen LogP contribution < -0.4 is 0 Å². The summed E-state index contributed by atoms with van der Waals surface area (Å²) in [6, 6.07) is 6.28. The minimum Gasteiger partial charge on any atom is -0.241 e. The van der Waals surface area contributed by atoms with Crippen molar-refractivity contribution < 1.29 is 0 Å². The largest absolute Gasteiger partial charge is 0.241 e. The van der Waals surface area contributed by atoms with Crippen LogP contribution in [0.15, 0.2) is 18.2 Å². The first kappa shape index (κ1) is 8.97. The highest BCUT2D eigenvalue weighted by molar-refractivity contribution is 7.18. The molecular weight excluding hydrogens is 202 g/mol. The zero-order valence-corrected chi connectivity index (χ0v) is 8.95. The quantitative estimate of drug-likeness (QED) is 0.694. The molecule has 1 heterocycles. The van der Waals surface area contributed by atoms with Gasteiger partial charge in [-0.25, -0.2) is 4.98 Å². The lowest BCUT2D eigenvalue weighted by atomic mass is 10.1. The number of thiazole rings is 1. The van der Waals surface area contributed by atoms with Gasteiger partial charge in [0.15, 0.2) is 0 Å². The molecule has 0 saturated carbocycles. The van der Waals surface area contributed by atoms with E-state index in [2.05, 4.69) is 23.2 Å². The van der Waals surface area contributed by atoms with Crippen LogP contribution in [-0.4, -0.2) is 10.9 Å². The Morgan fingerprint density at radius 1 is 1.46 bits per heavy atom. The summed E-state index contributed by atoms with van der Waals surface area (Å²) in [5.74, 6) is 0.662.